The molecular formula is C25H41NO5S. The first-order chi connectivity index (χ1) is 15.3. The fourth-order valence-corrected chi connectivity index (χ4v) is 5.50. The molecule has 6 nitrogen and oxygen atoms in total. The van der Waals surface area contributed by atoms with Gasteiger partial charge in [0, 0.05) is 11.6 Å². The maximum atomic E-state index is 11.5. The van der Waals surface area contributed by atoms with Gasteiger partial charge in [-0.1, -0.05) is 96.8 Å². The van der Waals surface area contributed by atoms with Crippen LogP contribution in [0.2, 0.25) is 0 Å². The standard InChI is InChI=1S/C25H41NO5S/c1-2-3-4-5-6-7-8-9-10-11-12-13-14-15-16-21-17-18-23-24(21)19-22(32(29,30)31)20-25(23)26(27)28/h19-21H,2-18H2,1H3,(H,29,30,31). The number of unbranched alkanes of at least 4 members (excludes halogenated alkanes) is 13. The van der Waals surface area contributed by atoms with Gasteiger partial charge in [0.2, 0.25) is 0 Å². The van der Waals surface area contributed by atoms with Crippen LogP contribution in [0.1, 0.15) is 127 Å². The third-order valence-corrected chi connectivity index (χ3v) is 7.65. The van der Waals surface area contributed by atoms with Crippen molar-refractivity contribution in [3.8, 4) is 0 Å². The Morgan fingerprint density at radius 2 is 1.41 bits per heavy atom. The number of nitro groups is 1. The molecule has 1 aliphatic rings. The lowest BCUT2D eigenvalue weighted by atomic mass is 9.94. The van der Waals surface area contributed by atoms with E-state index in [4.69, 9.17) is 0 Å². The number of fused-ring (bicyclic) bond motifs is 1. The van der Waals surface area contributed by atoms with E-state index in [1.807, 2.05) is 0 Å². The van der Waals surface area contributed by atoms with Crippen molar-refractivity contribution in [3.63, 3.8) is 0 Å². The number of hydrogen-bond acceptors (Lipinski definition) is 4. The highest BCUT2D eigenvalue weighted by Crippen LogP contribution is 2.42. The first kappa shape index (κ1) is 26.8. The monoisotopic (exact) mass is 467 g/mol. The van der Waals surface area contributed by atoms with Gasteiger partial charge in [0.25, 0.3) is 15.8 Å². The van der Waals surface area contributed by atoms with Crippen molar-refractivity contribution in [2.24, 2.45) is 0 Å². The van der Waals surface area contributed by atoms with Crippen molar-refractivity contribution in [1.29, 1.82) is 0 Å². The molecular weight excluding hydrogens is 426 g/mol. The van der Waals surface area contributed by atoms with Gasteiger partial charge in [-0.2, -0.15) is 8.42 Å². The lowest BCUT2D eigenvalue weighted by Crippen LogP contribution is -2.04. The van der Waals surface area contributed by atoms with Gasteiger partial charge in [-0.3, -0.25) is 14.7 Å². The second-order valence-corrected chi connectivity index (χ2v) is 10.8. The van der Waals surface area contributed by atoms with E-state index in [2.05, 4.69) is 6.92 Å². The van der Waals surface area contributed by atoms with E-state index in [1.54, 1.807) is 0 Å². The van der Waals surface area contributed by atoms with Gasteiger partial charge >= 0.3 is 0 Å². The molecule has 0 saturated heterocycles. The molecule has 32 heavy (non-hydrogen) atoms. The lowest BCUT2D eigenvalue weighted by molar-refractivity contribution is -0.385. The lowest BCUT2D eigenvalue weighted by Gasteiger charge is -2.12. The molecule has 0 radical (unpaired) electrons. The van der Waals surface area contributed by atoms with Crippen LogP contribution in [-0.2, 0) is 16.5 Å². The second-order valence-electron chi connectivity index (χ2n) is 9.36. The van der Waals surface area contributed by atoms with Gasteiger partial charge < -0.3 is 0 Å². The zero-order valence-corrected chi connectivity index (χ0v) is 20.5. The highest BCUT2D eigenvalue weighted by Gasteiger charge is 2.31. The Hall–Kier alpha value is -1.47. The van der Waals surface area contributed by atoms with Crippen molar-refractivity contribution in [2.45, 2.75) is 127 Å². The summed E-state index contributed by atoms with van der Waals surface area (Å²) in [7, 11) is -4.46. The molecule has 0 saturated carbocycles. The van der Waals surface area contributed by atoms with E-state index in [0.717, 1.165) is 37.3 Å². The van der Waals surface area contributed by atoms with Gasteiger partial charge in [0.15, 0.2) is 0 Å². The van der Waals surface area contributed by atoms with E-state index in [0.29, 0.717) is 12.0 Å². The molecule has 0 aromatic heterocycles. The molecule has 0 spiro atoms. The van der Waals surface area contributed by atoms with Crippen molar-refractivity contribution in [2.75, 3.05) is 0 Å². The fraction of sp³-hybridized carbons (Fsp3) is 0.760. The second kappa shape index (κ2) is 13.9. The summed E-state index contributed by atoms with van der Waals surface area (Å²) in [6.07, 6.45) is 20.6. The molecule has 1 unspecified atom stereocenters. The number of nitrogens with zero attached hydrogens (tertiary/aromatic N) is 1. The van der Waals surface area contributed by atoms with Gasteiger partial charge in [-0.25, -0.2) is 0 Å². The molecule has 1 aromatic carbocycles. The van der Waals surface area contributed by atoms with E-state index >= 15 is 0 Å². The topological polar surface area (TPSA) is 97.5 Å². The van der Waals surface area contributed by atoms with Crippen molar-refractivity contribution < 1.29 is 17.9 Å². The summed E-state index contributed by atoms with van der Waals surface area (Å²) in [5.41, 5.74) is 1.19. The van der Waals surface area contributed by atoms with Crippen molar-refractivity contribution >= 4 is 15.8 Å². The average molecular weight is 468 g/mol. The van der Waals surface area contributed by atoms with E-state index < -0.39 is 15.0 Å². The minimum absolute atomic E-state index is 0.141. The number of rotatable bonds is 17. The molecule has 1 N–H and O–H groups in total. The molecule has 1 aliphatic carbocycles. The van der Waals surface area contributed by atoms with Crippen LogP contribution in [0.4, 0.5) is 5.69 Å². The summed E-state index contributed by atoms with van der Waals surface area (Å²) in [6.45, 7) is 2.25. The highest BCUT2D eigenvalue weighted by atomic mass is 32.2. The molecule has 0 bridgehead atoms. The van der Waals surface area contributed by atoms with E-state index in [-0.39, 0.29) is 16.5 Å². The molecule has 7 heteroatoms. The molecule has 0 aliphatic heterocycles. The summed E-state index contributed by atoms with van der Waals surface area (Å²) in [5, 5.41) is 11.4. The van der Waals surface area contributed by atoms with Gasteiger partial charge in [-0.05, 0) is 36.8 Å². The Bertz CT molecular complexity index is 822. The summed E-state index contributed by atoms with van der Waals surface area (Å²) < 4.78 is 32.5. The summed E-state index contributed by atoms with van der Waals surface area (Å²) in [4.78, 5) is 10.5. The maximum absolute atomic E-state index is 11.5. The number of benzene rings is 1. The van der Waals surface area contributed by atoms with Gasteiger partial charge in [-0.15, -0.1) is 0 Å². The minimum Gasteiger partial charge on any atom is -0.282 e. The van der Waals surface area contributed by atoms with Crippen LogP contribution in [0.3, 0.4) is 0 Å². The van der Waals surface area contributed by atoms with Crippen LogP contribution in [0.15, 0.2) is 17.0 Å². The maximum Gasteiger partial charge on any atom is 0.294 e. The summed E-state index contributed by atoms with van der Waals surface area (Å²) in [6, 6.07) is 2.43. The normalized spacial score (nSPS) is 15.8. The van der Waals surface area contributed by atoms with Gasteiger partial charge in [0.05, 0.1) is 4.92 Å². The molecule has 1 atom stereocenters. The first-order valence-corrected chi connectivity index (χ1v) is 14.1. The molecule has 0 heterocycles. The van der Waals surface area contributed by atoms with E-state index in [1.165, 1.54) is 83.1 Å². The molecule has 2 rings (SSSR count). The quantitative estimate of drug-likeness (QED) is 0.109. The third-order valence-electron chi connectivity index (χ3n) is 6.82. The number of nitro benzene ring substituents is 1. The first-order valence-electron chi connectivity index (χ1n) is 12.6. The highest BCUT2D eigenvalue weighted by molar-refractivity contribution is 7.85. The largest absolute Gasteiger partial charge is 0.294 e. The van der Waals surface area contributed by atoms with Crippen molar-refractivity contribution in [1.82, 2.24) is 0 Å². The predicted molar refractivity (Wildman–Crippen MR) is 129 cm³/mol. The van der Waals surface area contributed by atoms with Crippen LogP contribution in [0, 0.1) is 10.1 Å². The Labute approximate surface area is 194 Å². The third kappa shape index (κ3) is 8.81. The fourth-order valence-electron chi connectivity index (χ4n) is 4.96. The molecule has 182 valence electrons. The zero-order chi connectivity index (χ0) is 23.4. The Kier molecular flexibility index (Phi) is 11.7. The summed E-state index contributed by atoms with van der Waals surface area (Å²) >= 11 is 0. The van der Waals surface area contributed by atoms with Crippen LogP contribution >= 0.6 is 0 Å². The van der Waals surface area contributed by atoms with Crippen molar-refractivity contribution in [3.05, 3.63) is 33.4 Å². The Balaban J connectivity index is 1.64. The Morgan fingerprint density at radius 1 is 0.906 bits per heavy atom. The molecule has 0 amide bonds. The van der Waals surface area contributed by atoms with E-state index in [9.17, 15) is 23.1 Å². The van der Waals surface area contributed by atoms with Gasteiger partial charge in [0.1, 0.15) is 4.90 Å². The van der Waals surface area contributed by atoms with Crippen LogP contribution < -0.4 is 0 Å². The molecule has 1 aromatic rings. The average Bonchev–Trinajstić information content (AvgIpc) is 3.15. The smallest absolute Gasteiger partial charge is 0.282 e. The zero-order valence-electron chi connectivity index (χ0n) is 19.7. The van der Waals surface area contributed by atoms with Crippen LogP contribution in [0.25, 0.3) is 0 Å². The minimum atomic E-state index is -4.46. The summed E-state index contributed by atoms with van der Waals surface area (Å²) in [5.74, 6) is 0.141. The number of hydrogen-bond donors (Lipinski definition) is 1. The van der Waals surface area contributed by atoms with Crippen LogP contribution in [0.5, 0.6) is 0 Å². The SMILES string of the molecule is CCCCCCCCCCCCCCCCC1CCc2c1cc(S(=O)(=O)O)cc2[N+](=O)[O-]. The molecule has 0 fully saturated rings. The predicted octanol–water partition coefficient (Wildman–Crippen LogP) is 7.74. The Morgan fingerprint density at radius 3 is 1.88 bits per heavy atom. The van der Waals surface area contributed by atoms with Crippen LogP contribution in [-0.4, -0.2) is 17.9 Å².